The molecule has 1 saturated heterocycles. The lowest BCUT2D eigenvalue weighted by atomic mass is 10.1. The molecule has 1 aromatic heterocycles. The topological polar surface area (TPSA) is 43.2 Å². The van der Waals surface area contributed by atoms with E-state index in [1.807, 2.05) is 30.3 Å². The average molecular weight is 409 g/mol. The Morgan fingerprint density at radius 3 is 2.48 bits per heavy atom. The molecule has 4 rings (SSSR count). The molecule has 6 heteroatoms. The molecule has 1 aliphatic rings. The number of nitrogens with zero attached hydrogens (tertiary/aromatic N) is 4. The summed E-state index contributed by atoms with van der Waals surface area (Å²) < 4.78 is 7.80. The molecule has 1 fully saturated rings. The van der Waals surface area contributed by atoms with E-state index in [0.717, 1.165) is 41.1 Å². The number of aromatic nitrogens is 3. The first-order chi connectivity index (χ1) is 14.3. The Balaban J connectivity index is 1.58. The maximum atomic E-state index is 5.58. The molecule has 0 bridgehead atoms. The van der Waals surface area contributed by atoms with Crippen molar-refractivity contribution in [2.45, 2.75) is 31.0 Å². The van der Waals surface area contributed by atoms with Crippen molar-refractivity contribution < 1.29 is 4.74 Å². The summed E-state index contributed by atoms with van der Waals surface area (Å²) in [5, 5.41) is 10.1. The fourth-order valence-corrected chi connectivity index (χ4v) is 4.72. The molecular formula is C23H28N4OS. The third kappa shape index (κ3) is 5.00. The number of likely N-dealkylation sites (tertiary alicyclic amines) is 1. The third-order valence-electron chi connectivity index (χ3n) is 5.34. The van der Waals surface area contributed by atoms with Crippen LogP contribution in [0.5, 0.6) is 5.75 Å². The van der Waals surface area contributed by atoms with E-state index >= 15 is 0 Å². The first-order valence-electron chi connectivity index (χ1n) is 10.3. The van der Waals surface area contributed by atoms with E-state index in [4.69, 9.17) is 4.74 Å². The second-order valence-electron chi connectivity index (χ2n) is 7.33. The summed E-state index contributed by atoms with van der Waals surface area (Å²) in [6.07, 6.45) is 4.02. The van der Waals surface area contributed by atoms with Crippen LogP contribution < -0.4 is 4.74 Å². The summed E-state index contributed by atoms with van der Waals surface area (Å²) in [5.74, 6) is 2.70. The van der Waals surface area contributed by atoms with Gasteiger partial charge in [-0.3, -0.25) is 4.57 Å². The predicted octanol–water partition coefficient (Wildman–Crippen LogP) is 4.58. The lowest BCUT2D eigenvalue weighted by molar-refractivity contribution is 0.242. The summed E-state index contributed by atoms with van der Waals surface area (Å²) in [4.78, 5) is 2.57. The van der Waals surface area contributed by atoms with Crippen LogP contribution in [0.4, 0.5) is 0 Å². The molecule has 2 heterocycles. The lowest BCUT2D eigenvalue weighted by Crippen LogP contribution is -2.31. The number of piperidine rings is 1. The molecule has 0 aliphatic carbocycles. The van der Waals surface area contributed by atoms with E-state index in [0.29, 0.717) is 0 Å². The van der Waals surface area contributed by atoms with Crippen LogP contribution in [0.2, 0.25) is 0 Å². The highest BCUT2D eigenvalue weighted by Crippen LogP contribution is 2.31. The average Bonchev–Trinajstić information content (AvgIpc) is 3.17. The van der Waals surface area contributed by atoms with Crippen LogP contribution >= 0.6 is 11.8 Å². The van der Waals surface area contributed by atoms with Gasteiger partial charge in [-0.2, -0.15) is 0 Å². The lowest BCUT2D eigenvalue weighted by Gasteiger charge is -2.25. The van der Waals surface area contributed by atoms with Gasteiger partial charge >= 0.3 is 0 Å². The van der Waals surface area contributed by atoms with Gasteiger partial charge in [0.05, 0.1) is 19.2 Å². The van der Waals surface area contributed by atoms with E-state index in [1.165, 1.54) is 37.9 Å². The Morgan fingerprint density at radius 2 is 1.69 bits per heavy atom. The highest BCUT2D eigenvalue weighted by Gasteiger charge is 2.18. The zero-order valence-corrected chi connectivity index (χ0v) is 17.8. The number of hydrogen-bond donors (Lipinski definition) is 0. The molecule has 0 spiro atoms. The zero-order chi connectivity index (χ0) is 19.9. The summed E-state index contributed by atoms with van der Waals surface area (Å²) in [6, 6.07) is 18.5. The summed E-state index contributed by atoms with van der Waals surface area (Å²) in [7, 11) is 1.70. The van der Waals surface area contributed by atoms with Gasteiger partial charge in [-0.1, -0.05) is 60.6 Å². The van der Waals surface area contributed by atoms with Crippen molar-refractivity contribution >= 4 is 11.8 Å². The highest BCUT2D eigenvalue weighted by atomic mass is 32.2. The van der Waals surface area contributed by atoms with Gasteiger partial charge in [-0.25, -0.2) is 0 Å². The number of benzene rings is 2. The van der Waals surface area contributed by atoms with Crippen molar-refractivity contribution in [3.63, 3.8) is 0 Å². The van der Waals surface area contributed by atoms with Crippen LogP contribution in [-0.4, -0.2) is 52.2 Å². The van der Waals surface area contributed by atoms with Gasteiger partial charge in [0.25, 0.3) is 0 Å². The molecule has 0 saturated carbocycles. The molecule has 2 aromatic carbocycles. The molecule has 29 heavy (non-hydrogen) atoms. The van der Waals surface area contributed by atoms with Crippen molar-refractivity contribution in [2.24, 2.45) is 0 Å². The van der Waals surface area contributed by atoms with Crippen LogP contribution in [-0.2, 0) is 6.54 Å². The Morgan fingerprint density at radius 1 is 0.931 bits per heavy atom. The van der Waals surface area contributed by atoms with E-state index in [9.17, 15) is 0 Å². The number of ether oxygens (including phenoxy) is 1. The summed E-state index contributed by atoms with van der Waals surface area (Å²) in [5.41, 5.74) is 2.21. The van der Waals surface area contributed by atoms with Gasteiger partial charge in [0.2, 0.25) is 0 Å². The zero-order valence-electron chi connectivity index (χ0n) is 17.0. The Kier molecular flexibility index (Phi) is 6.85. The monoisotopic (exact) mass is 408 g/mol. The normalized spacial score (nSPS) is 14.8. The standard InChI is InChI=1S/C23H28N4OS/c1-28-21-13-7-6-12-20(21)22-24-25-23(27(22)18-19-10-4-2-5-11-19)29-17-16-26-14-8-3-9-15-26/h2,4-7,10-13H,3,8-9,14-18H2,1H3. The smallest absolute Gasteiger partial charge is 0.191 e. The van der Waals surface area contributed by atoms with Gasteiger partial charge in [-0.05, 0) is 43.6 Å². The first kappa shape index (κ1) is 20.0. The van der Waals surface area contributed by atoms with E-state index < -0.39 is 0 Å². The number of methoxy groups -OCH3 is 1. The Hall–Kier alpha value is -2.31. The molecule has 0 amide bonds. The second-order valence-corrected chi connectivity index (χ2v) is 8.39. The maximum absolute atomic E-state index is 5.58. The molecular weight excluding hydrogens is 380 g/mol. The Labute approximate surface area is 177 Å². The number of para-hydroxylation sites is 1. The van der Waals surface area contributed by atoms with Gasteiger partial charge in [0, 0.05) is 12.3 Å². The minimum absolute atomic E-state index is 0.743. The maximum Gasteiger partial charge on any atom is 0.191 e. The third-order valence-corrected chi connectivity index (χ3v) is 6.28. The molecule has 0 radical (unpaired) electrons. The van der Waals surface area contributed by atoms with Crippen molar-refractivity contribution in [2.75, 3.05) is 32.5 Å². The van der Waals surface area contributed by atoms with Crippen molar-refractivity contribution in [1.29, 1.82) is 0 Å². The SMILES string of the molecule is COc1ccccc1-c1nnc(SCCN2CCCCC2)n1Cc1ccccc1. The molecule has 0 atom stereocenters. The minimum atomic E-state index is 0.743. The van der Waals surface area contributed by atoms with E-state index in [2.05, 4.69) is 43.9 Å². The van der Waals surface area contributed by atoms with Crippen molar-refractivity contribution in [3.05, 3.63) is 60.2 Å². The molecule has 1 aliphatic heterocycles. The van der Waals surface area contributed by atoms with Gasteiger partial charge in [0.15, 0.2) is 11.0 Å². The molecule has 5 nitrogen and oxygen atoms in total. The van der Waals surface area contributed by atoms with Crippen LogP contribution in [0.25, 0.3) is 11.4 Å². The van der Waals surface area contributed by atoms with E-state index in [-0.39, 0.29) is 0 Å². The van der Waals surface area contributed by atoms with Crippen molar-refractivity contribution in [1.82, 2.24) is 19.7 Å². The molecule has 0 N–H and O–H groups in total. The van der Waals surface area contributed by atoms with Crippen molar-refractivity contribution in [3.8, 4) is 17.1 Å². The van der Waals surface area contributed by atoms with Crippen LogP contribution in [0.3, 0.4) is 0 Å². The van der Waals surface area contributed by atoms with Crippen LogP contribution in [0, 0.1) is 0 Å². The molecule has 3 aromatic rings. The van der Waals surface area contributed by atoms with Gasteiger partial charge in [-0.15, -0.1) is 10.2 Å². The molecule has 0 unspecified atom stereocenters. The highest BCUT2D eigenvalue weighted by molar-refractivity contribution is 7.99. The second kappa shape index (κ2) is 9.94. The minimum Gasteiger partial charge on any atom is -0.496 e. The Bertz CT molecular complexity index is 906. The quantitative estimate of drug-likeness (QED) is 0.511. The van der Waals surface area contributed by atoms with Gasteiger partial charge in [0.1, 0.15) is 5.75 Å². The largest absolute Gasteiger partial charge is 0.496 e. The fraction of sp³-hybridized carbons (Fsp3) is 0.391. The number of hydrogen-bond acceptors (Lipinski definition) is 5. The van der Waals surface area contributed by atoms with Crippen LogP contribution in [0.15, 0.2) is 59.8 Å². The molecule has 152 valence electrons. The van der Waals surface area contributed by atoms with E-state index in [1.54, 1.807) is 18.9 Å². The summed E-state index contributed by atoms with van der Waals surface area (Å²) in [6.45, 7) is 4.30. The number of thioether (sulfide) groups is 1. The van der Waals surface area contributed by atoms with Crippen LogP contribution in [0.1, 0.15) is 24.8 Å². The fourth-order valence-electron chi connectivity index (χ4n) is 3.78. The summed E-state index contributed by atoms with van der Waals surface area (Å²) >= 11 is 1.80. The van der Waals surface area contributed by atoms with Gasteiger partial charge < -0.3 is 9.64 Å². The number of rotatable bonds is 8. The first-order valence-corrected chi connectivity index (χ1v) is 11.3. The predicted molar refractivity (Wildman–Crippen MR) is 119 cm³/mol.